The van der Waals surface area contributed by atoms with Crippen LogP contribution >= 0.6 is 0 Å². The molecule has 0 radical (unpaired) electrons. The molecule has 2 aliphatic carbocycles. The molecule has 30 heavy (non-hydrogen) atoms. The van der Waals surface area contributed by atoms with E-state index < -0.39 is 0 Å². The Hall–Kier alpha value is -3.88. The third-order valence-corrected chi connectivity index (χ3v) is 5.86. The van der Waals surface area contributed by atoms with Crippen LogP contribution in [-0.2, 0) is 4.79 Å². The van der Waals surface area contributed by atoms with Gasteiger partial charge in [-0.05, 0) is 42.2 Å². The Bertz CT molecular complexity index is 1170. The molecule has 0 saturated heterocycles. The van der Waals surface area contributed by atoms with Crippen molar-refractivity contribution in [3.05, 3.63) is 54.5 Å². The molecule has 0 spiro atoms. The van der Waals surface area contributed by atoms with Gasteiger partial charge >= 0.3 is 0 Å². The number of aromatic nitrogens is 4. The zero-order chi connectivity index (χ0) is 20.7. The van der Waals surface area contributed by atoms with Crippen LogP contribution in [0.4, 0.5) is 17.5 Å². The second-order valence-corrected chi connectivity index (χ2v) is 7.61. The number of primary amides is 1. The molecular formula is C21H22N8O. The van der Waals surface area contributed by atoms with Gasteiger partial charge in [0.15, 0.2) is 11.5 Å². The zero-order valence-electron chi connectivity index (χ0n) is 16.1. The fourth-order valence-electron chi connectivity index (χ4n) is 4.54. The van der Waals surface area contributed by atoms with Gasteiger partial charge in [-0.15, -0.1) is 0 Å². The van der Waals surface area contributed by atoms with Gasteiger partial charge in [0.25, 0.3) is 0 Å². The molecule has 1 saturated carbocycles. The number of anilines is 3. The molecule has 0 aliphatic heterocycles. The Morgan fingerprint density at radius 1 is 1.20 bits per heavy atom. The topological polar surface area (TPSA) is 148 Å². The number of benzene rings is 1. The van der Waals surface area contributed by atoms with Crippen LogP contribution in [0.1, 0.15) is 12.0 Å². The number of carbonyl (C=O) groups is 1. The lowest BCUT2D eigenvalue weighted by Gasteiger charge is -2.27. The van der Waals surface area contributed by atoms with Crippen LogP contribution in [0.15, 0.2) is 48.9 Å². The predicted molar refractivity (Wildman–Crippen MR) is 115 cm³/mol. The lowest BCUT2D eigenvalue weighted by Crippen LogP contribution is -2.41. The maximum absolute atomic E-state index is 12.1. The average molecular weight is 402 g/mol. The van der Waals surface area contributed by atoms with Gasteiger partial charge in [0.05, 0.1) is 12.2 Å². The predicted octanol–water partition coefficient (Wildman–Crippen LogP) is 2.11. The summed E-state index contributed by atoms with van der Waals surface area (Å²) in [5.41, 5.74) is 14.2. The van der Waals surface area contributed by atoms with Crippen molar-refractivity contribution in [1.82, 2.24) is 19.9 Å². The van der Waals surface area contributed by atoms with Gasteiger partial charge in [-0.1, -0.05) is 30.4 Å². The van der Waals surface area contributed by atoms with E-state index in [-0.39, 0.29) is 29.7 Å². The lowest BCUT2D eigenvalue weighted by molar-refractivity contribution is -0.122. The molecule has 9 heteroatoms. The number of rotatable bonds is 6. The van der Waals surface area contributed by atoms with Crippen LogP contribution in [0.25, 0.3) is 17.2 Å². The SMILES string of the molecule is N/C=C\c1ccccc1Nc1nc(NC2C3C=CC(C3)C2C(N)=O)c2[nH]cnc2n1. The Kier molecular flexibility index (Phi) is 4.35. The standard InChI is InChI=1S/C21H22N8O/c22-8-7-11-3-1-2-4-14(11)26-21-28-19-17(24-10-25-19)20(29-21)27-16-13-6-5-12(9-13)15(16)18(23)30/h1-8,10,12-13,15-16H,9,22H2,(H2,23,30)(H3,24,25,26,27,28,29)/b8-7-. The first kappa shape index (κ1) is 18.2. The van der Waals surface area contributed by atoms with Gasteiger partial charge in [-0.3, -0.25) is 4.79 Å². The molecule has 7 N–H and O–H groups in total. The molecule has 152 valence electrons. The number of imidazole rings is 1. The molecular weight excluding hydrogens is 380 g/mol. The van der Waals surface area contributed by atoms with E-state index in [0.717, 1.165) is 17.7 Å². The molecule has 2 heterocycles. The highest BCUT2D eigenvalue weighted by molar-refractivity contribution is 5.86. The minimum absolute atomic E-state index is 0.112. The van der Waals surface area contributed by atoms with Crippen LogP contribution in [0.3, 0.4) is 0 Å². The van der Waals surface area contributed by atoms with Crippen molar-refractivity contribution in [1.29, 1.82) is 0 Å². The summed E-state index contributed by atoms with van der Waals surface area (Å²) in [4.78, 5) is 28.6. The minimum Gasteiger partial charge on any atom is -0.405 e. The molecule has 1 fully saturated rings. The molecule has 5 rings (SSSR count). The highest BCUT2D eigenvalue weighted by Gasteiger charge is 2.47. The minimum atomic E-state index is -0.292. The summed E-state index contributed by atoms with van der Waals surface area (Å²) in [6.45, 7) is 0. The number of carbonyl (C=O) groups excluding carboxylic acids is 1. The number of hydrogen-bond donors (Lipinski definition) is 5. The number of H-pyrrole nitrogens is 1. The molecule has 2 aliphatic rings. The van der Waals surface area contributed by atoms with Crippen LogP contribution in [0, 0.1) is 17.8 Å². The van der Waals surface area contributed by atoms with Gasteiger partial charge in [-0.25, -0.2) is 4.98 Å². The summed E-state index contributed by atoms with van der Waals surface area (Å²) in [6, 6.07) is 7.60. The average Bonchev–Trinajstić information content (AvgIpc) is 3.45. The second-order valence-electron chi connectivity index (χ2n) is 7.61. The van der Waals surface area contributed by atoms with Gasteiger partial charge in [0, 0.05) is 11.7 Å². The van der Waals surface area contributed by atoms with E-state index in [9.17, 15) is 4.79 Å². The first-order chi connectivity index (χ1) is 14.6. The fourth-order valence-corrected chi connectivity index (χ4v) is 4.54. The highest BCUT2D eigenvalue weighted by Crippen LogP contribution is 2.45. The number of nitrogens with one attached hydrogen (secondary N) is 3. The highest BCUT2D eigenvalue weighted by atomic mass is 16.1. The van der Waals surface area contributed by atoms with E-state index in [1.54, 1.807) is 12.4 Å². The summed E-state index contributed by atoms with van der Waals surface area (Å²) in [5.74, 6) is 0.845. The fraction of sp³-hybridized carbons (Fsp3) is 0.238. The quantitative estimate of drug-likeness (QED) is 0.397. The number of nitrogens with two attached hydrogens (primary N) is 2. The molecule has 2 bridgehead atoms. The van der Waals surface area contributed by atoms with E-state index in [4.69, 9.17) is 11.5 Å². The number of para-hydroxylation sites is 1. The largest absolute Gasteiger partial charge is 0.405 e. The number of aromatic amines is 1. The second kappa shape index (κ2) is 7.18. The number of nitrogens with zero attached hydrogens (tertiary/aromatic N) is 3. The molecule has 4 atom stereocenters. The van der Waals surface area contributed by atoms with Crippen molar-refractivity contribution in [2.24, 2.45) is 29.2 Å². The Morgan fingerprint density at radius 2 is 2.03 bits per heavy atom. The number of hydrogen-bond acceptors (Lipinski definition) is 7. The molecule has 2 aromatic heterocycles. The van der Waals surface area contributed by atoms with Crippen LogP contribution in [0.5, 0.6) is 0 Å². The Labute approximate surface area is 172 Å². The summed E-state index contributed by atoms with van der Waals surface area (Å²) >= 11 is 0. The van der Waals surface area contributed by atoms with Crippen molar-refractivity contribution in [2.75, 3.05) is 10.6 Å². The first-order valence-corrected chi connectivity index (χ1v) is 9.83. The maximum Gasteiger partial charge on any atom is 0.231 e. The lowest BCUT2D eigenvalue weighted by atomic mass is 9.88. The number of amides is 1. The monoisotopic (exact) mass is 402 g/mol. The van der Waals surface area contributed by atoms with Gasteiger partial charge < -0.3 is 27.1 Å². The maximum atomic E-state index is 12.1. The van der Waals surface area contributed by atoms with Crippen LogP contribution in [0.2, 0.25) is 0 Å². The zero-order valence-corrected chi connectivity index (χ0v) is 16.1. The number of allylic oxidation sites excluding steroid dienone is 1. The number of fused-ring (bicyclic) bond motifs is 3. The van der Waals surface area contributed by atoms with Crippen molar-refractivity contribution in [3.63, 3.8) is 0 Å². The van der Waals surface area contributed by atoms with Crippen molar-refractivity contribution in [2.45, 2.75) is 12.5 Å². The molecule has 9 nitrogen and oxygen atoms in total. The third kappa shape index (κ3) is 3.04. The van der Waals surface area contributed by atoms with E-state index >= 15 is 0 Å². The Morgan fingerprint density at radius 3 is 2.87 bits per heavy atom. The molecule has 3 aromatic rings. The summed E-state index contributed by atoms with van der Waals surface area (Å²) in [7, 11) is 0. The van der Waals surface area contributed by atoms with Crippen LogP contribution < -0.4 is 22.1 Å². The van der Waals surface area contributed by atoms with E-state index in [0.29, 0.717) is 22.9 Å². The molecule has 4 unspecified atom stereocenters. The van der Waals surface area contributed by atoms with Gasteiger partial charge in [0.1, 0.15) is 5.52 Å². The van der Waals surface area contributed by atoms with Gasteiger partial charge in [0.2, 0.25) is 11.9 Å². The van der Waals surface area contributed by atoms with Crippen molar-refractivity contribution >= 4 is 40.6 Å². The smallest absolute Gasteiger partial charge is 0.231 e. The normalized spacial score (nSPS) is 24.7. The van der Waals surface area contributed by atoms with E-state index in [1.165, 1.54) is 6.20 Å². The Balaban J connectivity index is 1.50. The van der Waals surface area contributed by atoms with Crippen LogP contribution in [-0.4, -0.2) is 31.9 Å². The summed E-state index contributed by atoms with van der Waals surface area (Å²) in [5, 5.41) is 6.69. The van der Waals surface area contributed by atoms with E-state index in [2.05, 4.69) is 42.7 Å². The van der Waals surface area contributed by atoms with Crippen molar-refractivity contribution < 1.29 is 4.79 Å². The van der Waals surface area contributed by atoms with Crippen molar-refractivity contribution in [3.8, 4) is 0 Å². The first-order valence-electron chi connectivity index (χ1n) is 9.83. The summed E-state index contributed by atoms with van der Waals surface area (Å²) < 4.78 is 0. The third-order valence-electron chi connectivity index (χ3n) is 5.86. The van der Waals surface area contributed by atoms with Gasteiger partial charge in [-0.2, -0.15) is 9.97 Å². The molecule has 1 amide bonds. The molecule has 1 aromatic carbocycles. The summed E-state index contributed by atoms with van der Waals surface area (Å²) in [6.07, 6.45) is 10.0. The van der Waals surface area contributed by atoms with E-state index in [1.807, 2.05) is 24.3 Å².